The highest BCUT2D eigenvalue weighted by Crippen LogP contribution is 2.32. The third kappa shape index (κ3) is 4.40. The van der Waals surface area contributed by atoms with Gasteiger partial charge in [0, 0.05) is 33.0 Å². The van der Waals surface area contributed by atoms with Crippen molar-refractivity contribution in [2.45, 2.75) is 39.2 Å². The predicted octanol–water partition coefficient (Wildman–Crippen LogP) is 4.96. The van der Waals surface area contributed by atoms with E-state index >= 15 is 0 Å². The molecule has 2 rings (SSSR count). The molecule has 2 aromatic rings. The largest absolute Gasteiger partial charge is 0.481 e. The van der Waals surface area contributed by atoms with Gasteiger partial charge in [-0.15, -0.1) is 0 Å². The van der Waals surface area contributed by atoms with Crippen LogP contribution in [0.25, 0.3) is 10.2 Å². The van der Waals surface area contributed by atoms with Crippen LogP contribution in [0.5, 0.6) is 0 Å². The lowest BCUT2D eigenvalue weighted by atomic mass is 10.2. The quantitative estimate of drug-likeness (QED) is 0.210. The Morgan fingerprint density at radius 1 is 1.24 bits per heavy atom. The van der Waals surface area contributed by atoms with Crippen molar-refractivity contribution in [1.82, 2.24) is 0 Å². The first-order valence-electron chi connectivity index (χ1n) is 6.60. The van der Waals surface area contributed by atoms with Crippen LogP contribution in [-0.2, 0) is 11.3 Å². The lowest BCUT2D eigenvalue weighted by Gasteiger charge is -2.01. The molecule has 0 aliphatic heterocycles. The number of fused-ring (bicyclic) bond motifs is 1. The molecule has 0 saturated heterocycles. The number of aliphatic carboxylic acids is 1. The molecule has 21 heavy (non-hydrogen) atoms. The van der Waals surface area contributed by atoms with Crippen LogP contribution in [0.1, 0.15) is 30.7 Å². The normalized spacial score (nSPS) is 11.2. The highest BCUT2D eigenvalue weighted by atomic mass is 127. The van der Waals surface area contributed by atoms with Crippen molar-refractivity contribution in [1.29, 1.82) is 0 Å². The fourth-order valence-electron chi connectivity index (χ4n) is 2.24. The minimum atomic E-state index is -0.696. The Kier molecular flexibility index (Phi) is 6.94. The van der Waals surface area contributed by atoms with Gasteiger partial charge in [-0.1, -0.05) is 11.3 Å². The summed E-state index contributed by atoms with van der Waals surface area (Å²) in [6.45, 7) is 3.13. The lowest BCUT2D eigenvalue weighted by molar-refractivity contribution is -0.673. The molecular formula is C14H15I3NO2S+. The number of carboxylic acid groups (broad SMARTS) is 1. The van der Waals surface area contributed by atoms with E-state index in [4.69, 9.17) is 5.11 Å². The summed E-state index contributed by atoms with van der Waals surface area (Å²) in [6.07, 6.45) is 3.05. The van der Waals surface area contributed by atoms with Gasteiger partial charge in [0.05, 0.1) is 3.57 Å². The number of carboxylic acids is 1. The summed E-state index contributed by atoms with van der Waals surface area (Å²) in [6, 6.07) is 2.26. The molecule has 1 aromatic carbocycles. The van der Waals surface area contributed by atoms with Gasteiger partial charge in [-0.25, -0.2) is 0 Å². The van der Waals surface area contributed by atoms with E-state index in [-0.39, 0.29) is 6.42 Å². The van der Waals surface area contributed by atoms with Crippen LogP contribution in [0.3, 0.4) is 0 Å². The second kappa shape index (κ2) is 8.04. The molecule has 0 aliphatic rings. The van der Waals surface area contributed by atoms with E-state index in [1.54, 1.807) is 0 Å². The zero-order valence-corrected chi connectivity index (χ0v) is 18.7. The van der Waals surface area contributed by atoms with Crippen LogP contribution >= 0.6 is 79.1 Å². The summed E-state index contributed by atoms with van der Waals surface area (Å²) >= 11 is 9.09. The van der Waals surface area contributed by atoms with E-state index in [1.807, 2.05) is 11.3 Å². The van der Waals surface area contributed by atoms with Crippen LogP contribution in [0.2, 0.25) is 0 Å². The molecule has 1 heterocycles. The van der Waals surface area contributed by atoms with E-state index in [0.29, 0.717) is 0 Å². The van der Waals surface area contributed by atoms with Gasteiger partial charge in [-0.3, -0.25) is 4.79 Å². The first-order chi connectivity index (χ1) is 9.91. The third-order valence-electron chi connectivity index (χ3n) is 3.29. The number of aryl methyl sites for hydroxylation is 2. The molecule has 0 unspecified atom stereocenters. The highest BCUT2D eigenvalue weighted by molar-refractivity contribution is 14.1. The number of hydrogen-bond acceptors (Lipinski definition) is 2. The minimum absolute atomic E-state index is 0.280. The average Bonchev–Trinajstić information content (AvgIpc) is 2.72. The first-order valence-corrected chi connectivity index (χ1v) is 10.7. The molecule has 0 spiro atoms. The molecule has 0 radical (unpaired) electrons. The maximum absolute atomic E-state index is 10.5. The summed E-state index contributed by atoms with van der Waals surface area (Å²) in [5, 5.41) is 9.98. The number of benzene rings is 1. The molecule has 0 amide bonds. The Morgan fingerprint density at radius 3 is 2.62 bits per heavy atom. The van der Waals surface area contributed by atoms with Crippen molar-refractivity contribution in [2.24, 2.45) is 0 Å². The van der Waals surface area contributed by atoms with Crippen LogP contribution in [-0.4, -0.2) is 11.1 Å². The number of nitrogens with zero attached hydrogens (tertiary/aromatic N) is 1. The number of unbranched alkanes of at least 4 members (excludes halogenated alkanes) is 2. The SMILES string of the molecule is Cc1sc2c(I)c(I)c(I)cc2[n+]1CCCCCC(=O)O. The molecule has 0 fully saturated rings. The Balaban J connectivity index is 2.16. The fraction of sp³-hybridized carbons (Fsp3) is 0.429. The van der Waals surface area contributed by atoms with E-state index in [0.717, 1.165) is 25.8 Å². The van der Waals surface area contributed by atoms with E-state index in [1.165, 1.54) is 25.9 Å². The van der Waals surface area contributed by atoms with Gasteiger partial charge < -0.3 is 5.11 Å². The zero-order valence-electron chi connectivity index (χ0n) is 11.5. The lowest BCUT2D eigenvalue weighted by Crippen LogP contribution is -2.35. The van der Waals surface area contributed by atoms with Gasteiger partial charge in [-0.2, -0.15) is 4.57 Å². The minimum Gasteiger partial charge on any atom is -0.481 e. The molecule has 1 aromatic heterocycles. The van der Waals surface area contributed by atoms with Crippen molar-refractivity contribution in [3.63, 3.8) is 0 Å². The third-order valence-corrected chi connectivity index (χ3v) is 9.90. The molecule has 114 valence electrons. The number of carbonyl (C=O) groups is 1. The maximum atomic E-state index is 10.5. The fourth-order valence-corrected chi connectivity index (χ4v) is 5.88. The standard InChI is InChI=1S/C14H14I3NO2S/c1-8-18(6-4-2-3-5-11(19)20)10-7-9(15)12(16)13(17)14(10)21-8/h7H,2-6H2,1H3/p+1. The number of rotatable bonds is 6. The second-order valence-electron chi connectivity index (χ2n) is 4.81. The zero-order chi connectivity index (χ0) is 15.6. The predicted molar refractivity (Wildman–Crippen MR) is 111 cm³/mol. The smallest absolute Gasteiger partial charge is 0.303 e. The van der Waals surface area contributed by atoms with E-state index in [2.05, 4.69) is 85.3 Å². The maximum Gasteiger partial charge on any atom is 0.303 e. The molecule has 0 bridgehead atoms. The topological polar surface area (TPSA) is 41.2 Å². The number of hydrogen-bond donors (Lipinski definition) is 1. The monoisotopic (exact) mass is 642 g/mol. The van der Waals surface area contributed by atoms with Crippen molar-refractivity contribution in [3.05, 3.63) is 21.8 Å². The number of aromatic nitrogens is 1. The number of thiazole rings is 1. The first kappa shape index (κ1) is 18.1. The van der Waals surface area contributed by atoms with Crippen molar-refractivity contribution in [2.75, 3.05) is 0 Å². The van der Waals surface area contributed by atoms with Crippen molar-refractivity contribution < 1.29 is 14.5 Å². The van der Waals surface area contributed by atoms with Crippen LogP contribution in [0.4, 0.5) is 0 Å². The molecule has 3 nitrogen and oxygen atoms in total. The van der Waals surface area contributed by atoms with E-state index in [9.17, 15) is 4.79 Å². The van der Waals surface area contributed by atoms with Crippen LogP contribution in [0, 0.1) is 17.6 Å². The summed E-state index contributed by atoms with van der Waals surface area (Å²) in [5.41, 5.74) is 1.31. The summed E-state index contributed by atoms with van der Waals surface area (Å²) < 4.78 is 7.70. The van der Waals surface area contributed by atoms with Gasteiger partial charge in [0.1, 0.15) is 11.2 Å². The van der Waals surface area contributed by atoms with Crippen molar-refractivity contribution >= 4 is 95.3 Å². The van der Waals surface area contributed by atoms with E-state index < -0.39 is 5.97 Å². The Labute approximate surface area is 168 Å². The summed E-state index contributed by atoms with van der Waals surface area (Å²) in [7, 11) is 0. The van der Waals surface area contributed by atoms with Gasteiger partial charge in [0.2, 0.25) is 10.5 Å². The Bertz CT molecular complexity index is 685. The molecular weight excluding hydrogens is 627 g/mol. The summed E-state index contributed by atoms with van der Waals surface area (Å²) in [5.74, 6) is -0.696. The summed E-state index contributed by atoms with van der Waals surface area (Å²) in [4.78, 5) is 10.5. The Morgan fingerprint density at radius 2 is 1.95 bits per heavy atom. The van der Waals surface area contributed by atoms with Crippen LogP contribution in [0.15, 0.2) is 6.07 Å². The Hall–Kier alpha value is 0.770. The van der Waals surface area contributed by atoms with Gasteiger partial charge >= 0.3 is 5.97 Å². The van der Waals surface area contributed by atoms with Gasteiger partial charge in [0.25, 0.3) is 0 Å². The highest BCUT2D eigenvalue weighted by Gasteiger charge is 2.21. The number of halogens is 3. The molecule has 7 heteroatoms. The van der Waals surface area contributed by atoms with Gasteiger partial charge in [-0.05, 0) is 80.6 Å². The molecule has 0 aliphatic carbocycles. The molecule has 0 atom stereocenters. The second-order valence-corrected chi connectivity index (χ2v) is 9.33. The van der Waals surface area contributed by atoms with Gasteiger partial charge in [0.15, 0.2) is 0 Å². The molecule has 1 N–H and O–H groups in total. The van der Waals surface area contributed by atoms with Crippen molar-refractivity contribution in [3.8, 4) is 0 Å². The van der Waals surface area contributed by atoms with Crippen LogP contribution < -0.4 is 4.57 Å². The molecule has 0 saturated carbocycles. The average molecular weight is 642 g/mol.